The lowest BCUT2D eigenvalue weighted by Gasteiger charge is -1.99. The Labute approximate surface area is 62.9 Å². The van der Waals surface area contributed by atoms with E-state index >= 15 is 0 Å². The Morgan fingerprint density at radius 3 is 2.70 bits per heavy atom. The smallest absolute Gasteiger partial charge is 0.0431 e. The minimum absolute atomic E-state index is 0.321. The Hall–Kier alpha value is -0.340. The normalized spacial score (nSPS) is 9.70. The van der Waals surface area contributed by atoms with Gasteiger partial charge in [0.1, 0.15) is 0 Å². The van der Waals surface area contributed by atoms with Gasteiger partial charge in [0.05, 0.1) is 0 Å². The zero-order chi connectivity index (χ0) is 7.66. The van der Waals surface area contributed by atoms with Crippen LogP contribution in [-0.2, 0) is 0 Å². The fourth-order valence-electron chi connectivity index (χ4n) is 0.743. The largest absolute Gasteiger partial charge is 0.396 e. The van der Waals surface area contributed by atoms with Crippen molar-refractivity contribution in [2.45, 2.75) is 19.3 Å². The molecule has 0 aliphatic carbocycles. The molecule has 0 amide bonds. The number of rotatable bonds is 7. The number of unbranched alkanes of at least 4 members (excludes halogenated alkanes) is 2. The number of aliphatic hydroxyl groups is 1. The third-order valence-corrected chi connectivity index (χ3v) is 1.30. The first-order chi connectivity index (χ1) is 4.91. The van der Waals surface area contributed by atoms with E-state index in [2.05, 4.69) is 11.9 Å². The van der Waals surface area contributed by atoms with Gasteiger partial charge in [-0.05, 0) is 25.8 Å². The molecule has 0 atom stereocenters. The molecule has 10 heavy (non-hydrogen) atoms. The van der Waals surface area contributed by atoms with Gasteiger partial charge in [-0.3, -0.25) is 0 Å². The van der Waals surface area contributed by atoms with E-state index in [1.54, 1.807) is 0 Å². The van der Waals surface area contributed by atoms with Gasteiger partial charge >= 0.3 is 0 Å². The molecule has 0 unspecified atom stereocenters. The molecule has 0 aliphatic rings. The molecule has 0 saturated heterocycles. The minimum atomic E-state index is 0.321. The number of aliphatic hydroxyl groups excluding tert-OH is 1. The lowest BCUT2D eigenvalue weighted by Crippen LogP contribution is -2.14. The van der Waals surface area contributed by atoms with E-state index in [4.69, 9.17) is 5.11 Å². The molecule has 0 aliphatic heterocycles. The highest BCUT2D eigenvalue weighted by Gasteiger charge is 1.85. The molecular formula is C8H17NO. The van der Waals surface area contributed by atoms with Gasteiger partial charge in [0, 0.05) is 13.2 Å². The molecular weight excluding hydrogens is 126 g/mol. The molecule has 0 rings (SSSR count). The lowest BCUT2D eigenvalue weighted by molar-refractivity contribution is 0.283. The second-order valence-electron chi connectivity index (χ2n) is 2.28. The van der Waals surface area contributed by atoms with Crippen LogP contribution in [0.25, 0.3) is 0 Å². The molecule has 0 spiro atoms. The summed E-state index contributed by atoms with van der Waals surface area (Å²) in [7, 11) is 0. The van der Waals surface area contributed by atoms with Gasteiger partial charge in [0.2, 0.25) is 0 Å². The molecule has 0 aromatic rings. The second kappa shape index (κ2) is 8.66. The van der Waals surface area contributed by atoms with E-state index in [-0.39, 0.29) is 0 Å². The Bertz CT molecular complexity index is 73.7. The number of nitrogens with one attached hydrogen (secondary N) is 1. The standard InChI is InChI=1S/C8H17NO/c1-2-6-9-7-4-3-5-8-10/h2,9-10H,1,3-8H2. The summed E-state index contributed by atoms with van der Waals surface area (Å²) in [5.41, 5.74) is 0. The molecule has 2 N–H and O–H groups in total. The maximum Gasteiger partial charge on any atom is 0.0431 e. The molecule has 2 nitrogen and oxygen atoms in total. The van der Waals surface area contributed by atoms with Gasteiger partial charge in [0.25, 0.3) is 0 Å². The summed E-state index contributed by atoms with van der Waals surface area (Å²) in [6.07, 6.45) is 5.04. The molecule has 0 radical (unpaired) electrons. The van der Waals surface area contributed by atoms with E-state index in [0.717, 1.165) is 32.4 Å². The van der Waals surface area contributed by atoms with Crippen molar-refractivity contribution in [3.05, 3.63) is 12.7 Å². The lowest BCUT2D eigenvalue weighted by atomic mass is 10.2. The van der Waals surface area contributed by atoms with E-state index in [1.807, 2.05) is 6.08 Å². The Kier molecular flexibility index (Phi) is 8.37. The van der Waals surface area contributed by atoms with Crippen molar-refractivity contribution >= 4 is 0 Å². The molecule has 0 aromatic heterocycles. The van der Waals surface area contributed by atoms with Crippen molar-refractivity contribution in [3.8, 4) is 0 Å². The van der Waals surface area contributed by atoms with E-state index < -0.39 is 0 Å². The molecule has 0 bridgehead atoms. The second-order valence-corrected chi connectivity index (χ2v) is 2.28. The summed E-state index contributed by atoms with van der Waals surface area (Å²) in [6, 6.07) is 0. The van der Waals surface area contributed by atoms with Crippen LogP contribution in [0.3, 0.4) is 0 Å². The van der Waals surface area contributed by atoms with E-state index in [9.17, 15) is 0 Å². The Morgan fingerprint density at radius 2 is 2.10 bits per heavy atom. The molecule has 0 heterocycles. The predicted octanol–water partition coefficient (Wildman–Crippen LogP) is 0.925. The minimum Gasteiger partial charge on any atom is -0.396 e. The van der Waals surface area contributed by atoms with E-state index in [1.165, 1.54) is 0 Å². The van der Waals surface area contributed by atoms with Crippen LogP contribution in [0.4, 0.5) is 0 Å². The molecule has 0 aromatic carbocycles. The van der Waals surface area contributed by atoms with Gasteiger partial charge in [-0.15, -0.1) is 6.58 Å². The summed E-state index contributed by atoms with van der Waals surface area (Å²) in [6.45, 7) is 5.83. The van der Waals surface area contributed by atoms with Gasteiger partial charge < -0.3 is 10.4 Å². The van der Waals surface area contributed by atoms with Gasteiger partial charge in [-0.25, -0.2) is 0 Å². The average molecular weight is 143 g/mol. The fourth-order valence-corrected chi connectivity index (χ4v) is 0.743. The van der Waals surface area contributed by atoms with Crippen LogP contribution >= 0.6 is 0 Å². The number of hydrogen-bond donors (Lipinski definition) is 2. The first-order valence-electron chi connectivity index (χ1n) is 3.84. The first-order valence-corrected chi connectivity index (χ1v) is 3.84. The van der Waals surface area contributed by atoms with Crippen LogP contribution in [0.5, 0.6) is 0 Å². The van der Waals surface area contributed by atoms with Crippen molar-refractivity contribution in [1.29, 1.82) is 0 Å². The van der Waals surface area contributed by atoms with Crippen LogP contribution in [-0.4, -0.2) is 24.8 Å². The van der Waals surface area contributed by atoms with Crippen molar-refractivity contribution < 1.29 is 5.11 Å². The van der Waals surface area contributed by atoms with Crippen molar-refractivity contribution in [2.75, 3.05) is 19.7 Å². The van der Waals surface area contributed by atoms with Crippen LogP contribution in [0.1, 0.15) is 19.3 Å². The van der Waals surface area contributed by atoms with Crippen LogP contribution in [0.15, 0.2) is 12.7 Å². The molecule has 0 fully saturated rings. The van der Waals surface area contributed by atoms with E-state index in [0.29, 0.717) is 6.61 Å². The topological polar surface area (TPSA) is 32.3 Å². The Balaban J connectivity index is 2.70. The summed E-state index contributed by atoms with van der Waals surface area (Å²) in [4.78, 5) is 0. The first kappa shape index (κ1) is 9.66. The van der Waals surface area contributed by atoms with Crippen molar-refractivity contribution in [1.82, 2.24) is 5.32 Å². The van der Waals surface area contributed by atoms with Gasteiger partial charge in [0.15, 0.2) is 0 Å². The Morgan fingerprint density at radius 1 is 1.30 bits per heavy atom. The summed E-state index contributed by atoms with van der Waals surface area (Å²) >= 11 is 0. The van der Waals surface area contributed by atoms with Crippen LogP contribution in [0.2, 0.25) is 0 Å². The fraction of sp³-hybridized carbons (Fsp3) is 0.750. The van der Waals surface area contributed by atoms with Crippen molar-refractivity contribution in [2.24, 2.45) is 0 Å². The average Bonchev–Trinajstić information content (AvgIpc) is 1.97. The highest BCUT2D eigenvalue weighted by atomic mass is 16.2. The van der Waals surface area contributed by atoms with Gasteiger partial charge in [-0.1, -0.05) is 6.08 Å². The van der Waals surface area contributed by atoms with Crippen molar-refractivity contribution in [3.63, 3.8) is 0 Å². The van der Waals surface area contributed by atoms with Crippen LogP contribution in [0, 0.1) is 0 Å². The molecule has 60 valence electrons. The third-order valence-electron chi connectivity index (χ3n) is 1.30. The third kappa shape index (κ3) is 7.66. The quantitative estimate of drug-likeness (QED) is 0.410. The zero-order valence-corrected chi connectivity index (χ0v) is 6.47. The maximum absolute atomic E-state index is 8.43. The summed E-state index contributed by atoms with van der Waals surface area (Å²) < 4.78 is 0. The highest BCUT2D eigenvalue weighted by molar-refractivity contribution is 4.69. The maximum atomic E-state index is 8.43. The monoisotopic (exact) mass is 143 g/mol. The number of hydrogen-bond acceptors (Lipinski definition) is 2. The molecule has 0 saturated carbocycles. The summed E-state index contributed by atoms with van der Waals surface area (Å²) in [5, 5.41) is 11.6. The van der Waals surface area contributed by atoms with Crippen LogP contribution < -0.4 is 5.32 Å². The predicted molar refractivity (Wildman–Crippen MR) is 44.0 cm³/mol. The zero-order valence-electron chi connectivity index (χ0n) is 6.47. The molecule has 2 heteroatoms. The summed E-state index contributed by atoms with van der Waals surface area (Å²) in [5.74, 6) is 0. The van der Waals surface area contributed by atoms with Gasteiger partial charge in [-0.2, -0.15) is 0 Å². The highest BCUT2D eigenvalue weighted by Crippen LogP contribution is 1.91. The SMILES string of the molecule is C=CCNCCCCCO.